The molecule has 104 valence electrons. The number of nitrogens with one attached hydrogen (secondary N) is 1. The third-order valence-electron chi connectivity index (χ3n) is 3.40. The van der Waals surface area contributed by atoms with E-state index in [0.29, 0.717) is 17.9 Å². The van der Waals surface area contributed by atoms with Crippen LogP contribution >= 0.6 is 0 Å². The molecule has 3 heterocycles. The van der Waals surface area contributed by atoms with Crippen LogP contribution in [0, 0.1) is 0 Å². The van der Waals surface area contributed by atoms with Gasteiger partial charge in [0.15, 0.2) is 0 Å². The molecular weight excluding hydrogens is 252 g/mol. The molecule has 0 aromatic carbocycles. The van der Waals surface area contributed by atoms with E-state index in [1.54, 1.807) is 10.9 Å². The van der Waals surface area contributed by atoms with Gasteiger partial charge in [-0.25, -0.2) is 4.98 Å². The van der Waals surface area contributed by atoms with Gasteiger partial charge in [-0.1, -0.05) is 0 Å². The first-order valence-corrected chi connectivity index (χ1v) is 6.14. The minimum absolute atomic E-state index is 0.230. The third-order valence-corrected chi connectivity index (χ3v) is 3.40. The summed E-state index contributed by atoms with van der Waals surface area (Å²) >= 11 is 0. The van der Waals surface area contributed by atoms with Crippen molar-refractivity contribution in [2.45, 2.75) is 31.0 Å². The summed E-state index contributed by atoms with van der Waals surface area (Å²) in [6, 6.07) is 0. The summed E-state index contributed by atoms with van der Waals surface area (Å²) in [6.45, 7) is 0.0243. The van der Waals surface area contributed by atoms with Crippen LogP contribution in [0.4, 0.5) is 5.82 Å². The zero-order valence-electron chi connectivity index (χ0n) is 10.2. The van der Waals surface area contributed by atoms with Crippen molar-refractivity contribution in [1.82, 2.24) is 9.55 Å². The van der Waals surface area contributed by atoms with Crippen molar-refractivity contribution in [1.29, 1.82) is 0 Å². The monoisotopic (exact) mass is 268 g/mol. The second-order valence-corrected chi connectivity index (χ2v) is 4.65. The quantitative estimate of drug-likeness (QED) is 0.548. The highest BCUT2D eigenvalue weighted by Crippen LogP contribution is 2.34. The second kappa shape index (κ2) is 4.89. The molecule has 1 saturated heterocycles. The number of anilines is 1. The minimum atomic E-state index is -0.762. The molecule has 0 unspecified atom stereocenters. The Labute approximate surface area is 109 Å². The molecule has 4 atom stereocenters. The first-order valence-electron chi connectivity index (χ1n) is 6.14. The van der Waals surface area contributed by atoms with E-state index < -0.39 is 24.5 Å². The summed E-state index contributed by atoms with van der Waals surface area (Å²) < 4.78 is 7.27. The Morgan fingerprint density at radius 3 is 3.05 bits per heavy atom. The molecule has 1 aromatic rings. The molecule has 1 fully saturated rings. The van der Waals surface area contributed by atoms with Crippen LogP contribution in [0.25, 0.3) is 0 Å². The summed E-state index contributed by atoms with van der Waals surface area (Å²) in [5, 5.41) is 31.7. The van der Waals surface area contributed by atoms with Gasteiger partial charge >= 0.3 is 0 Å². The third kappa shape index (κ3) is 2.12. The summed E-state index contributed by atoms with van der Waals surface area (Å²) in [6.07, 6.45) is 0.935. The fraction of sp³-hybridized carbons (Fsp3) is 0.636. The maximum Gasteiger partial charge on any atom is 0.139 e. The summed E-state index contributed by atoms with van der Waals surface area (Å²) in [4.78, 5) is 8.15. The molecule has 0 amide bonds. The zero-order valence-corrected chi connectivity index (χ0v) is 10.2. The maximum atomic E-state index is 9.89. The predicted molar refractivity (Wildman–Crippen MR) is 65.8 cm³/mol. The van der Waals surface area contributed by atoms with Crippen LogP contribution in [0.1, 0.15) is 24.4 Å². The molecule has 0 spiro atoms. The zero-order chi connectivity index (χ0) is 13.4. The van der Waals surface area contributed by atoms with E-state index in [1.807, 2.05) is 0 Å². The molecule has 4 N–H and O–H groups in total. The number of rotatable bonds is 2. The highest BCUT2D eigenvalue weighted by Gasteiger charge is 2.36. The fourth-order valence-electron chi connectivity index (χ4n) is 2.38. The van der Waals surface area contributed by atoms with Gasteiger partial charge < -0.3 is 25.4 Å². The Balaban J connectivity index is 1.89. The van der Waals surface area contributed by atoms with Crippen molar-refractivity contribution in [2.24, 2.45) is 4.99 Å². The molecule has 1 aromatic heterocycles. The topological polar surface area (TPSA) is 112 Å². The molecule has 0 radical (unpaired) electrons. The van der Waals surface area contributed by atoms with Gasteiger partial charge in [0.1, 0.15) is 29.9 Å². The molecule has 8 nitrogen and oxygen atoms in total. The molecule has 0 bridgehead atoms. The molecule has 2 aliphatic heterocycles. The van der Waals surface area contributed by atoms with Gasteiger partial charge in [-0.05, 0) is 0 Å². The van der Waals surface area contributed by atoms with Gasteiger partial charge in [0.25, 0.3) is 0 Å². The highest BCUT2D eigenvalue weighted by molar-refractivity contribution is 5.76. The number of aliphatic hydroxyl groups excluding tert-OH is 3. The van der Waals surface area contributed by atoms with Crippen molar-refractivity contribution in [2.75, 3.05) is 18.5 Å². The molecule has 2 aliphatic rings. The maximum absolute atomic E-state index is 9.89. The molecule has 19 heavy (non-hydrogen) atoms. The van der Waals surface area contributed by atoms with Crippen molar-refractivity contribution >= 4 is 12.2 Å². The van der Waals surface area contributed by atoms with E-state index in [9.17, 15) is 10.2 Å². The average molecular weight is 268 g/mol. The van der Waals surface area contributed by atoms with Gasteiger partial charge in [-0.2, -0.15) is 0 Å². The lowest BCUT2D eigenvalue weighted by Crippen LogP contribution is -2.24. The van der Waals surface area contributed by atoms with Crippen LogP contribution in [0.2, 0.25) is 0 Å². The number of fused-ring (bicyclic) bond motifs is 1. The van der Waals surface area contributed by atoms with Gasteiger partial charge in [0.2, 0.25) is 0 Å². The van der Waals surface area contributed by atoms with Crippen LogP contribution in [0.15, 0.2) is 11.3 Å². The van der Waals surface area contributed by atoms with Crippen LogP contribution in [0.3, 0.4) is 0 Å². The SMILES string of the molecule is OC[C@@H]1O[C@@H](n2cnc3c2NC=NC[C@@H]3O)C[C@H]1O. The van der Waals surface area contributed by atoms with Crippen LogP contribution in [-0.4, -0.2) is 56.6 Å². The number of hydrogen-bond acceptors (Lipinski definition) is 7. The van der Waals surface area contributed by atoms with Gasteiger partial charge in [0.05, 0.1) is 31.9 Å². The lowest BCUT2D eigenvalue weighted by Gasteiger charge is -2.16. The summed E-state index contributed by atoms with van der Waals surface area (Å²) in [7, 11) is 0. The lowest BCUT2D eigenvalue weighted by molar-refractivity contribution is -0.0437. The largest absolute Gasteiger partial charge is 0.394 e. The van der Waals surface area contributed by atoms with Crippen molar-refractivity contribution in [3.63, 3.8) is 0 Å². The Kier molecular flexibility index (Phi) is 3.23. The number of aliphatic imine (C=N–C) groups is 1. The minimum Gasteiger partial charge on any atom is -0.394 e. The normalized spacial score (nSPS) is 33.8. The molecule has 3 rings (SSSR count). The smallest absolute Gasteiger partial charge is 0.139 e. The number of aliphatic hydroxyl groups is 3. The molecule has 0 saturated carbocycles. The van der Waals surface area contributed by atoms with E-state index in [-0.39, 0.29) is 13.2 Å². The number of aromatic nitrogens is 2. The van der Waals surface area contributed by atoms with E-state index in [1.165, 1.54) is 6.34 Å². The highest BCUT2D eigenvalue weighted by atomic mass is 16.5. The standard InChI is InChI=1S/C11H16N4O4/c16-3-8-6(17)1-9(19-8)15-5-14-10-7(18)2-12-4-13-11(10)15/h4-9,16-18H,1-3H2,(H,12,13)/t6-,7+,8+,9-/m1/s1. The van der Waals surface area contributed by atoms with Crippen molar-refractivity contribution in [3.8, 4) is 0 Å². The Morgan fingerprint density at radius 2 is 2.32 bits per heavy atom. The van der Waals surface area contributed by atoms with Crippen LogP contribution < -0.4 is 5.32 Å². The van der Waals surface area contributed by atoms with Gasteiger partial charge in [-0.3, -0.25) is 9.56 Å². The average Bonchev–Trinajstić information content (AvgIpc) is 2.93. The molecular formula is C11H16N4O4. The first kappa shape index (κ1) is 12.5. The summed E-state index contributed by atoms with van der Waals surface area (Å²) in [5.74, 6) is 0.601. The van der Waals surface area contributed by atoms with Gasteiger partial charge in [0, 0.05) is 6.42 Å². The number of ether oxygens (including phenoxy) is 1. The van der Waals surface area contributed by atoms with E-state index in [0.717, 1.165) is 0 Å². The predicted octanol–water partition coefficient (Wildman–Crippen LogP) is -0.989. The van der Waals surface area contributed by atoms with E-state index >= 15 is 0 Å². The Morgan fingerprint density at radius 1 is 1.47 bits per heavy atom. The van der Waals surface area contributed by atoms with Gasteiger partial charge in [-0.15, -0.1) is 0 Å². The summed E-state index contributed by atoms with van der Waals surface area (Å²) in [5.41, 5.74) is 0.503. The number of hydrogen-bond donors (Lipinski definition) is 4. The Bertz CT molecular complexity index is 489. The molecule has 8 heteroatoms. The van der Waals surface area contributed by atoms with Crippen molar-refractivity contribution < 1.29 is 20.1 Å². The number of nitrogens with zero attached hydrogens (tertiary/aromatic N) is 3. The number of imidazole rings is 1. The van der Waals surface area contributed by atoms with Crippen LogP contribution in [0.5, 0.6) is 0 Å². The molecule has 0 aliphatic carbocycles. The lowest BCUT2D eigenvalue weighted by atomic mass is 10.2. The second-order valence-electron chi connectivity index (χ2n) is 4.65. The first-order chi connectivity index (χ1) is 9.20. The van der Waals surface area contributed by atoms with E-state index in [2.05, 4.69) is 15.3 Å². The van der Waals surface area contributed by atoms with E-state index in [4.69, 9.17) is 9.84 Å². The van der Waals surface area contributed by atoms with Crippen LogP contribution in [-0.2, 0) is 4.74 Å². The van der Waals surface area contributed by atoms with Crippen molar-refractivity contribution in [3.05, 3.63) is 12.0 Å². The fourth-order valence-corrected chi connectivity index (χ4v) is 2.38. The Hall–Kier alpha value is -1.48.